The van der Waals surface area contributed by atoms with Crippen LogP contribution in [0.2, 0.25) is 0 Å². The van der Waals surface area contributed by atoms with Crippen LogP contribution in [0.25, 0.3) is 5.69 Å². The largest absolute Gasteiger partial charge is 0.352 e. The van der Waals surface area contributed by atoms with Gasteiger partial charge in [0.25, 0.3) is 0 Å². The Morgan fingerprint density at radius 1 is 1.04 bits per heavy atom. The van der Waals surface area contributed by atoms with Crippen molar-refractivity contribution in [3.05, 3.63) is 83.2 Å². The summed E-state index contributed by atoms with van der Waals surface area (Å²) in [5.74, 6) is 0.775. The molecule has 0 aliphatic heterocycles. The van der Waals surface area contributed by atoms with Gasteiger partial charge >= 0.3 is 0 Å². The number of aryl methyl sites for hydroxylation is 2. The predicted molar refractivity (Wildman–Crippen MR) is 122 cm³/mol. The molecule has 0 aliphatic carbocycles. The molecule has 0 radical (unpaired) electrons. The van der Waals surface area contributed by atoms with Crippen molar-refractivity contribution in [2.24, 2.45) is 4.99 Å². The highest BCUT2D eigenvalue weighted by Gasteiger charge is 2.04. The second-order valence-electron chi connectivity index (χ2n) is 6.34. The summed E-state index contributed by atoms with van der Waals surface area (Å²) in [5, 5.41) is 11.1. The number of guanidine groups is 1. The highest BCUT2D eigenvalue weighted by atomic mass is 127. The van der Waals surface area contributed by atoms with E-state index in [9.17, 15) is 0 Å². The number of hydrogen-bond acceptors (Lipinski definition) is 2. The fourth-order valence-corrected chi connectivity index (χ4v) is 2.80. The lowest BCUT2D eigenvalue weighted by Gasteiger charge is -2.13. The molecule has 0 fully saturated rings. The van der Waals surface area contributed by atoms with Crippen molar-refractivity contribution < 1.29 is 0 Å². The summed E-state index contributed by atoms with van der Waals surface area (Å²) in [6.07, 6.45) is 3.90. The normalized spacial score (nSPS) is 11.0. The van der Waals surface area contributed by atoms with Crippen molar-refractivity contribution in [3.63, 3.8) is 0 Å². The zero-order valence-electron chi connectivity index (χ0n) is 15.9. The molecule has 5 nitrogen and oxygen atoms in total. The molecule has 6 heteroatoms. The average molecular weight is 475 g/mol. The molecule has 0 saturated heterocycles. The van der Waals surface area contributed by atoms with Crippen molar-refractivity contribution in [2.75, 3.05) is 7.05 Å². The molecule has 0 spiro atoms. The van der Waals surface area contributed by atoms with Crippen LogP contribution in [0, 0.1) is 13.8 Å². The molecular formula is C21H26IN5. The summed E-state index contributed by atoms with van der Waals surface area (Å²) < 4.78 is 1.88. The minimum absolute atomic E-state index is 0. The quantitative estimate of drug-likeness (QED) is 0.334. The van der Waals surface area contributed by atoms with Gasteiger partial charge in [0, 0.05) is 31.9 Å². The maximum Gasteiger partial charge on any atom is 0.191 e. The summed E-state index contributed by atoms with van der Waals surface area (Å²) in [5.41, 5.74) is 6.00. The molecular weight excluding hydrogens is 449 g/mol. The van der Waals surface area contributed by atoms with Crippen molar-refractivity contribution in [1.29, 1.82) is 0 Å². The van der Waals surface area contributed by atoms with Gasteiger partial charge < -0.3 is 10.6 Å². The van der Waals surface area contributed by atoms with Crippen LogP contribution >= 0.6 is 24.0 Å². The van der Waals surface area contributed by atoms with E-state index < -0.39 is 0 Å². The van der Waals surface area contributed by atoms with E-state index in [0.717, 1.165) is 23.8 Å². The average Bonchev–Trinajstić information content (AvgIpc) is 3.13. The second kappa shape index (κ2) is 10.1. The van der Waals surface area contributed by atoms with E-state index in [4.69, 9.17) is 0 Å². The first-order valence-electron chi connectivity index (χ1n) is 8.75. The number of halogens is 1. The van der Waals surface area contributed by atoms with E-state index in [2.05, 4.69) is 52.8 Å². The predicted octanol–water partition coefficient (Wildman–Crippen LogP) is 3.97. The van der Waals surface area contributed by atoms with Crippen molar-refractivity contribution in [3.8, 4) is 5.69 Å². The number of nitrogens with zero attached hydrogens (tertiary/aromatic N) is 3. The summed E-state index contributed by atoms with van der Waals surface area (Å²) >= 11 is 0. The highest BCUT2D eigenvalue weighted by molar-refractivity contribution is 14.0. The summed E-state index contributed by atoms with van der Waals surface area (Å²) in [4.78, 5) is 4.30. The number of aromatic nitrogens is 2. The molecule has 0 amide bonds. The fourth-order valence-electron chi connectivity index (χ4n) is 2.80. The Labute approximate surface area is 177 Å². The van der Waals surface area contributed by atoms with Crippen LogP contribution in [0.4, 0.5) is 0 Å². The third kappa shape index (κ3) is 5.82. The third-order valence-electron chi connectivity index (χ3n) is 4.28. The van der Waals surface area contributed by atoms with Gasteiger partial charge in [-0.3, -0.25) is 4.99 Å². The first-order valence-corrected chi connectivity index (χ1v) is 8.75. The number of rotatable bonds is 5. The smallest absolute Gasteiger partial charge is 0.191 e. The van der Waals surface area contributed by atoms with Gasteiger partial charge in [-0.2, -0.15) is 5.10 Å². The van der Waals surface area contributed by atoms with Crippen molar-refractivity contribution in [1.82, 2.24) is 20.4 Å². The lowest BCUT2D eigenvalue weighted by atomic mass is 10.1. The molecule has 0 bridgehead atoms. The Morgan fingerprint density at radius 3 is 2.48 bits per heavy atom. The van der Waals surface area contributed by atoms with Gasteiger partial charge in [0.05, 0.1) is 11.9 Å². The molecule has 0 saturated carbocycles. The van der Waals surface area contributed by atoms with Gasteiger partial charge in [0.2, 0.25) is 0 Å². The van der Waals surface area contributed by atoms with Gasteiger partial charge in [-0.05, 0) is 37.1 Å². The van der Waals surface area contributed by atoms with Crippen molar-refractivity contribution in [2.45, 2.75) is 26.9 Å². The summed E-state index contributed by atoms with van der Waals surface area (Å²) in [6, 6.07) is 16.6. The molecule has 1 heterocycles. The molecule has 0 unspecified atom stereocenters. The molecule has 0 aliphatic rings. The zero-order valence-corrected chi connectivity index (χ0v) is 18.3. The first-order chi connectivity index (χ1) is 12.7. The Hall–Kier alpha value is -2.35. The summed E-state index contributed by atoms with van der Waals surface area (Å²) in [6.45, 7) is 5.66. The molecule has 27 heavy (non-hydrogen) atoms. The molecule has 142 valence electrons. The van der Waals surface area contributed by atoms with Crippen LogP contribution in [0.5, 0.6) is 0 Å². The number of hydrogen-bond donors (Lipinski definition) is 2. The van der Waals surface area contributed by atoms with E-state index >= 15 is 0 Å². The number of aliphatic imine (C=N–C) groups is 1. The van der Waals surface area contributed by atoms with Gasteiger partial charge in [-0.25, -0.2) is 4.68 Å². The Kier molecular flexibility index (Phi) is 7.84. The van der Waals surface area contributed by atoms with Gasteiger partial charge in [-0.1, -0.05) is 42.0 Å². The molecule has 2 aromatic carbocycles. The fraction of sp³-hybridized carbons (Fsp3) is 0.238. The topological polar surface area (TPSA) is 54.2 Å². The Morgan fingerprint density at radius 2 is 1.78 bits per heavy atom. The van der Waals surface area contributed by atoms with E-state index in [1.54, 1.807) is 7.05 Å². The first kappa shape index (κ1) is 21.0. The van der Waals surface area contributed by atoms with Crippen molar-refractivity contribution >= 4 is 29.9 Å². The Bertz CT molecular complexity index is 887. The van der Waals surface area contributed by atoms with Crippen LogP contribution < -0.4 is 10.6 Å². The Balaban J connectivity index is 0.00000261. The zero-order chi connectivity index (χ0) is 18.4. The summed E-state index contributed by atoms with van der Waals surface area (Å²) in [7, 11) is 1.78. The van der Waals surface area contributed by atoms with Crippen LogP contribution in [-0.4, -0.2) is 22.8 Å². The molecule has 3 rings (SSSR count). The van der Waals surface area contributed by atoms with Gasteiger partial charge in [-0.15, -0.1) is 24.0 Å². The lowest BCUT2D eigenvalue weighted by molar-refractivity contribution is 0.805. The number of benzene rings is 2. The van der Waals surface area contributed by atoms with Crippen LogP contribution in [0.3, 0.4) is 0 Å². The minimum Gasteiger partial charge on any atom is -0.352 e. The minimum atomic E-state index is 0. The van der Waals surface area contributed by atoms with Crippen LogP contribution in [-0.2, 0) is 13.1 Å². The number of para-hydroxylation sites is 1. The van der Waals surface area contributed by atoms with Gasteiger partial charge in [0.1, 0.15) is 0 Å². The second-order valence-corrected chi connectivity index (χ2v) is 6.34. The third-order valence-corrected chi connectivity index (χ3v) is 4.28. The van der Waals surface area contributed by atoms with Gasteiger partial charge in [0.15, 0.2) is 5.96 Å². The van der Waals surface area contributed by atoms with E-state index in [1.165, 1.54) is 16.7 Å². The molecule has 2 N–H and O–H groups in total. The molecule has 0 atom stereocenters. The lowest BCUT2D eigenvalue weighted by Crippen LogP contribution is -2.36. The maximum atomic E-state index is 4.42. The highest BCUT2D eigenvalue weighted by Crippen LogP contribution is 2.10. The maximum absolute atomic E-state index is 4.42. The van der Waals surface area contributed by atoms with E-state index in [-0.39, 0.29) is 24.0 Å². The van der Waals surface area contributed by atoms with E-state index in [1.807, 2.05) is 47.4 Å². The van der Waals surface area contributed by atoms with Crippen LogP contribution in [0.1, 0.15) is 22.3 Å². The monoisotopic (exact) mass is 475 g/mol. The standard InChI is InChI=1S/C21H25N5.HI/c1-16-9-10-19(17(2)11-16)14-24-21(22-3)23-12-18-13-25-26(15-18)20-7-5-4-6-8-20;/h4-11,13,15H,12,14H2,1-3H3,(H2,22,23,24);1H. The number of nitrogens with one attached hydrogen (secondary N) is 2. The van der Waals surface area contributed by atoms with E-state index in [0.29, 0.717) is 6.54 Å². The SMILES string of the molecule is CN=C(NCc1cnn(-c2ccccc2)c1)NCc1ccc(C)cc1C.I. The molecule has 1 aromatic heterocycles. The van der Waals surface area contributed by atoms with Crippen LogP contribution in [0.15, 0.2) is 65.9 Å². The molecule has 3 aromatic rings.